The van der Waals surface area contributed by atoms with E-state index < -0.39 is 0 Å². The van der Waals surface area contributed by atoms with Crippen LogP contribution in [0.15, 0.2) is 18.2 Å². The molecule has 2 rings (SSSR count). The minimum atomic E-state index is 0.305. The van der Waals surface area contributed by atoms with Gasteiger partial charge in [-0.3, -0.25) is 0 Å². The molecule has 0 spiro atoms. The summed E-state index contributed by atoms with van der Waals surface area (Å²) in [6.07, 6.45) is 0. The van der Waals surface area contributed by atoms with Crippen LogP contribution in [0.5, 0.6) is 11.5 Å². The highest BCUT2D eigenvalue weighted by molar-refractivity contribution is 5.44. The van der Waals surface area contributed by atoms with Crippen molar-refractivity contribution in [3.8, 4) is 11.5 Å². The SMILES string of the molecule is CCN(CC)CCOc1ccc2c(c1)OCC2NC. The highest BCUT2D eigenvalue weighted by Gasteiger charge is 2.22. The highest BCUT2D eigenvalue weighted by Crippen LogP contribution is 2.34. The van der Waals surface area contributed by atoms with Crippen LogP contribution in [-0.4, -0.2) is 44.8 Å². The van der Waals surface area contributed by atoms with E-state index in [-0.39, 0.29) is 0 Å². The van der Waals surface area contributed by atoms with Crippen molar-refractivity contribution in [2.24, 2.45) is 0 Å². The molecule has 1 aromatic rings. The maximum absolute atomic E-state index is 5.79. The molecule has 4 heteroatoms. The Balaban J connectivity index is 1.89. The van der Waals surface area contributed by atoms with Gasteiger partial charge in [0.05, 0.1) is 6.04 Å². The largest absolute Gasteiger partial charge is 0.492 e. The lowest BCUT2D eigenvalue weighted by molar-refractivity contribution is 0.222. The molecule has 0 aromatic heterocycles. The topological polar surface area (TPSA) is 33.7 Å². The Morgan fingerprint density at radius 3 is 2.84 bits per heavy atom. The van der Waals surface area contributed by atoms with Crippen LogP contribution in [0.2, 0.25) is 0 Å². The molecule has 1 atom stereocenters. The first-order valence-electron chi connectivity index (χ1n) is 7.07. The molecule has 0 saturated carbocycles. The van der Waals surface area contributed by atoms with E-state index in [1.807, 2.05) is 19.2 Å². The summed E-state index contributed by atoms with van der Waals surface area (Å²) in [5.41, 5.74) is 1.22. The first-order valence-corrected chi connectivity index (χ1v) is 7.07. The first kappa shape index (κ1) is 14.2. The lowest BCUT2D eigenvalue weighted by Crippen LogP contribution is -2.27. The second-order valence-electron chi connectivity index (χ2n) is 4.73. The van der Waals surface area contributed by atoms with E-state index in [2.05, 4.69) is 30.1 Å². The Labute approximate surface area is 115 Å². The standard InChI is InChI=1S/C15H24N2O2/c1-4-17(5-2)8-9-18-12-6-7-13-14(16-3)11-19-15(13)10-12/h6-7,10,14,16H,4-5,8-9,11H2,1-3H3. The van der Waals surface area contributed by atoms with Crippen LogP contribution >= 0.6 is 0 Å². The highest BCUT2D eigenvalue weighted by atomic mass is 16.5. The van der Waals surface area contributed by atoms with Crippen molar-refractivity contribution in [2.45, 2.75) is 19.9 Å². The van der Waals surface area contributed by atoms with Gasteiger partial charge in [0.15, 0.2) is 0 Å². The number of likely N-dealkylation sites (N-methyl/N-ethyl adjacent to an activating group) is 2. The van der Waals surface area contributed by atoms with Crippen LogP contribution < -0.4 is 14.8 Å². The summed E-state index contributed by atoms with van der Waals surface area (Å²) < 4.78 is 11.5. The molecule has 1 unspecified atom stereocenters. The van der Waals surface area contributed by atoms with E-state index in [4.69, 9.17) is 9.47 Å². The number of hydrogen-bond donors (Lipinski definition) is 1. The lowest BCUT2D eigenvalue weighted by Gasteiger charge is -2.18. The number of hydrogen-bond acceptors (Lipinski definition) is 4. The molecule has 1 aliphatic heterocycles. The molecular formula is C15H24N2O2. The zero-order chi connectivity index (χ0) is 13.7. The van der Waals surface area contributed by atoms with Crippen molar-refractivity contribution in [1.29, 1.82) is 0 Å². The summed E-state index contributed by atoms with van der Waals surface area (Å²) >= 11 is 0. The van der Waals surface area contributed by atoms with Crippen LogP contribution in [0.25, 0.3) is 0 Å². The molecular weight excluding hydrogens is 240 g/mol. The van der Waals surface area contributed by atoms with Crippen LogP contribution in [0, 0.1) is 0 Å². The van der Waals surface area contributed by atoms with Gasteiger partial charge in [0.2, 0.25) is 0 Å². The third kappa shape index (κ3) is 3.39. The van der Waals surface area contributed by atoms with Crippen molar-refractivity contribution in [1.82, 2.24) is 10.2 Å². The van der Waals surface area contributed by atoms with Crippen LogP contribution in [0.3, 0.4) is 0 Å². The monoisotopic (exact) mass is 264 g/mol. The fourth-order valence-electron chi connectivity index (χ4n) is 2.35. The summed E-state index contributed by atoms with van der Waals surface area (Å²) in [5.74, 6) is 1.84. The van der Waals surface area contributed by atoms with Crippen molar-refractivity contribution in [3.63, 3.8) is 0 Å². The van der Waals surface area contributed by atoms with E-state index in [1.54, 1.807) is 0 Å². The maximum atomic E-state index is 5.79. The maximum Gasteiger partial charge on any atom is 0.127 e. The Hall–Kier alpha value is -1.26. The number of nitrogens with zero attached hydrogens (tertiary/aromatic N) is 1. The number of rotatable bonds is 7. The second kappa shape index (κ2) is 6.78. The van der Waals surface area contributed by atoms with Crippen molar-refractivity contribution in [3.05, 3.63) is 23.8 Å². The van der Waals surface area contributed by atoms with E-state index in [0.717, 1.165) is 37.7 Å². The zero-order valence-corrected chi connectivity index (χ0v) is 12.1. The molecule has 1 aliphatic rings. The van der Waals surface area contributed by atoms with Gasteiger partial charge in [-0.05, 0) is 32.3 Å². The molecule has 0 amide bonds. The molecule has 1 aromatic carbocycles. The third-order valence-corrected chi connectivity index (χ3v) is 3.69. The predicted octanol–water partition coefficient (Wildman–Crippen LogP) is 2.06. The van der Waals surface area contributed by atoms with Crippen LogP contribution in [-0.2, 0) is 0 Å². The van der Waals surface area contributed by atoms with Gasteiger partial charge >= 0.3 is 0 Å². The van der Waals surface area contributed by atoms with E-state index in [0.29, 0.717) is 12.6 Å². The molecule has 106 valence electrons. The molecule has 0 bridgehead atoms. The van der Waals surface area contributed by atoms with Gasteiger partial charge in [0.25, 0.3) is 0 Å². The Morgan fingerprint density at radius 1 is 1.37 bits per heavy atom. The summed E-state index contributed by atoms with van der Waals surface area (Å²) in [7, 11) is 1.96. The number of benzene rings is 1. The minimum absolute atomic E-state index is 0.305. The normalized spacial score (nSPS) is 17.4. The van der Waals surface area contributed by atoms with Crippen LogP contribution in [0.1, 0.15) is 25.5 Å². The van der Waals surface area contributed by atoms with E-state index in [1.165, 1.54) is 5.56 Å². The van der Waals surface area contributed by atoms with Gasteiger partial charge in [-0.2, -0.15) is 0 Å². The fraction of sp³-hybridized carbons (Fsp3) is 0.600. The van der Waals surface area contributed by atoms with Crippen molar-refractivity contribution >= 4 is 0 Å². The van der Waals surface area contributed by atoms with Gasteiger partial charge in [-0.1, -0.05) is 13.8 Å². The molecule has 1 heterocycles. The van der Waals surface area contributed by atoms with Crippen molar-refractivity contribution in [2.75, 3.05) is 39.9 Å². The number of ether oxygens (including phenoxy) is 2. The summed E-state index contributed by atoms with van der Waals surface area (Å²) in [6, 6.07) is 6.42. The Kier molecular flexibility index (Phi) is 5.05. The predicted molar refractivity (Wildman–Crippen MR) is 77.0 cm³/mol. The number of nitrogens with one attached hydrogen (secondary N) is 1. The van der Waals surface area contributed by atoms with Gasteiger partial charge < -0.3 is 19.7 Å². The smallest absolute Gasteiger partial charge is 0.127 e. The van der Waals surface area contributed by atoms with E-state index in [9.17, 15) is 0 Å². The van der Waals surface area contributed by atoms with E-state index >= 15 is 0 Å². The average Bonchev–Trinajstić information content (AvgIpc) is 2.86. The molecule has 0 aliphatic carbocycles. The fourth-order valence-corrected chi connectivity index (χ4v) is 2.35. The van der Waals surface area contributed by atoms with Gasteiger partial charge in [-0.25, -0.2) is 0 Å². The molecule has 19 heavy (non-hydrogen) atoms. The second-order valence-corrected chi connectivity index (χ2v) is 4.73. The summed E-state index contributed by atoms with van der Waals surface area (Å²) in [4.78, 5) is 2.35. The molecule has 1 N–H and O–H groups in total. The molecule has 0 saturated heterocycles. The summed E-state index contributed by atoms with van der Waals surface area (Å²) in [5, 5.41) is 3.24. The molecule has 0 radical (unpaired) electrons. The lowest BCUT2D eigenvalue weighted by atomic mass is 10.1. The van der Waals surface area contributed by atoms with Crippen molar-refractivity contribution < 1.29 is 9.47 Å². The zero-order valence-electron chi connectivity index (χ0n) is 12.1. The van der Waals surface area contributed by atoms with Gasteiger partial charge in [0, 0.05) is 18.2 Å². The molecule has 4 nitrogen and oxygen atoms in total. The Bertz CT molecular complexity index is 405. The third-order valence-electron chi connectivity index (χ3n) is 3.69. The average molecular weight is 264 g/mol. The summed E-state index contributed by atoms with van der Waals surface area (Å²) in [6.45, 7) is 8.86. The van der Waals surface area contributed by atoms with Gasteiger partial charge in [0.1, 0.15) is 24.7 Å². The first-order chi connectivity index (χ1) is 9.28. The minimum Gasteiger partial charge on any atom is -0.492 e. The van der Waals surface area contributed by atoms with Gasteiger partial charge in [-0.15, -0.1) is 0 Å². The van der Waals surface area contributed by atoms with Crippen LogP contribution in [0.4, 0.5) is 0 Å². The molecule has 0 fully saturated rings. The number of fused-ring (bicyclic) bond motifs is 1. The quantitative estimate of drug-likeness (QED) is 0.817. The Morgan fingerprint density at radius 2 is 2.16 bits per heavy atom.